The Kier molecular flexibility index (Phi) is 4.17. The zero-order chi connectivity index (χ0) is 14.8. The fraction of sp³-hybridized carbons (Fsp3) is 0.400. The van der Waals surface area contributed by atoms with E-state index in [0.717, 1.165) is 48.6 Å². The molecule has 1 aliphatic rings. The van der Waals surface area contributed by atoms with Crippen LogP contribution < -0.4 is 5.73 Å². The van der Waals surface area contributed by atoms with Crippen molar-refractivity contribution in [1.82, 2.24) is 9.88 Å². The predicted octanol–water partition coefficient (Wildman–Crippen LogP) is 2.85. The lowest BCUT2D eigenvalue weighted by molar-refractivity contribution is 0.0997. The molecule has 1 fully saturated rings. The summed E-state index contributed by atoms with van der Waals surface area (Å²) in [6, 6.07) is 5.66. The minimum absolute atomic E-state index is 0.314. The van der Waals surface area contributed by atoms with Gasteiger partial charge in [-0.3, -0.25) is 9.69 Å². The van der Waals surface area contributed by atoms with Gasteiger partial charge in [0.1, 0.15) is 5.76 Å². The molecule has 1 unspecified atom stereocenters. The molecule has 3 N–H and O–H groups in total. The molecule has 1 atom stereocenters. The molecule has 2 aromatic rings. The summed E-state index contributed by atoms with van der Waals surface area (Å²) in [5.74, 6) is 0.900. The van der Waals surface area contributed by atoms with Gasteiger partial charge in [0, 0.05) is 24.4 Å². The molecule has 6 heteroatoms. The van der Waals surface area contributed by atoms with Crippen LogP contribution in [0.5, 0.6) is 0 Å². The molecule has 5 nitrogen and oxygen atoms in total. The second-order valence-electron chi connectivity index (χ2n) is 5.45. The number of furan rings is 1. The van der Waals surface area contributed by atoms with Crippen molar-refractivity contribution in [1.29, 1.82) is 0 Å². The molecule has 21 heavy (non-hydrogen) atoms. The molecule has 0 spiro atoms. The first-order valence-corrected chi connectivity index (χ1v) is 7.86. The Morgan fingerprint density at radius 1 is 1.48 bits per heavy atom. The summed E-state index contributed by atoms with van der Waals surface area (Å²) in [7, 11) is 0. The van der Waals surface area contributed by atoms with E-state index >= 15 is 0 Å². The number of aromatic nitrogens is 1. The van der Waals surface area contributed by atoms with Crippen LogP contribution in [0.3, 0.4) is 0 Å². The first-order valence-electron chi connectivity index (χ1n) is 7.07. The number of nitrogens with zero attached hydrogens (tertiary/aromatic N) is 1. The van der Waals surface area contributed by atoms with E-state index in [0.29, 0.717) is 11.5 Å². The Hall–Kier alpha value is -1.53. The number of hydrogen-bond acceptors (Lipinski definition) is 3. The normalized spacial score (nSPS) is 19.8. The molecule has 0 saturated carbocycles. The molecule has 1 saturated heterocycles. The van der Waals surface area contributed by atoms with Gasteiger partial charge in [0.15, 0.2) is 4.67 Å². The zero-order valence-corrected chi connectivity index (χ0v) is 13.2. The van der Waals surface area contributed by atoms with Gasteiger partial charge in [-0.25, -0.2) is 0 Å². The first kappa shape index (κ1) is 14.4. The minimum Gasteiger partial charge on any atom is -0.453 e. The van der Waals surface area contributed by atoms with Gasteiger partial charge < -0.3 is 15.1 Å². The van der Waals surface area contributed by atoms with Crippen molar-refractivity contribution in [2.45, 2.75) is 25.3 Å². The summed E-state index contributed by atoms with van der Waals surface area (Å²) in [6.45, 7) is 2.73. The van der Waals surface area contributed by atoms with Crippen LogP contribution in [0, 0.1) is 0 Å². The number of amides is 1. The van der Waals surface area contributed by atoms with E-state index in [9.17, 15) is 4.79 Å². The van der Waals surface area contributed by atoms with Crippen LogP contribution in [0.1, 0.15) is 40.6 Å². The minimum atomic E-state index is -0.363. The largest absolute Gasteiger partial charge is 0.453 e. The highest BCUT2D eigenvalue weighted by Crippen LogP contribution is 2.29. The van der Waals surface area contributed by atoms with E-state index in [1.165, 1.54) is 0 Å². The number of H-pyrrole nitrogens is 1. The molecule has 0 radical (unpaired) electrons. The lowest BCUT2D eigenvalue weighted by Crippen LogP contribution is -2.34. The summed E-state index contributed by atoms with van der Waals surface area (Å²) < 4.78 is 6.32. The number of nitrogens with one attached hydrogen (secondary N) is 1. The van der Waals surface area contributed by atoms with E-state index < -0.39 is 0 Å². The molecule has 0 bridgehead atoms. The average molecular weight is 352 g/mol. The van der Waals surface area contributed by atoms with E-state index in [-0.39, 0.29) is 5.91 Å². The van der Waals surface area contributed by atoms with Crippen LogP contribution in [-0.2, 0) is 6.54 Å². The van der Waals surface area contributed by atoms with Crippen molar-refractivity contribution in [3.63, 3.8) is 0 Å². The van der Waals surface area contributed by atoms with Crippen LogP contribution in [0.4, 0.5) is 0 Å². The topological polar surface area (TPSA) is 75.3 Å². The number of rotatable bonds is 4. The van der Waals surface area contributed by atoms with Gasteiger partial charge in [0.25, 0.3) is 5.91 Å². The van der Waals surface area contributed by atoms with Gasteiger partial charge >= 0.3 is 0 Å². The maximum atomic E-state index is 11.5. The Bertz CT molecular complexity index is 634. The van der Waals surface area contributed by atoms with E-state index in [4.69, 9.17) is 10.2 Å². The number of aromatic amines is 1. The number of primary amides is 1. The zero-order valence-electron chi connectivity index (χ0n) is 11.6. The van der Waals surface area contributed by atoms with Crippen molar-refractivity contribution in [3.05, 3.63) is 46.1 Å². The summed E-state index contributed by atoms with van der Waals surface area (Å²) in [4.78, 5) is 17.0. The van der Waals surface area contributed by atoms with Crippen molar-refractivity contribution in [2.75, 3.05) is 13.1 Å². The molecule has 0 aliphatic carbocycles. The number of piperidine rings is 1. The Morgan fingerprint density at radius 2 is 2.33 bits per heavy atom. The summed E-state index contributed by atoms with van der Waals surface area (Å²) in [6.07, 6.45) is 3.96. The highest BCUT2D eigenvalue weighted by molar-refractivity contribution is 9.10. The summed E-state index contributed by atoms with van der Waals surface area (Å²) in [5, 5.41) is 0. The van der Waals surface area contributed by atoms with Crippen molar-refractivity contribution in [2.24, 2.45) is 5.73 Å². The standard InChI is InChI=1S/C15H18BrN3O2/c16-13-4-3-11(21-13)9-19-7-1-2-10(8-19)14-12(15(17)20)5-6-18-14/h3-6,10,18H,1-2,7-9H2,(H2,17,20). The second kappa shape index (κ2) is 6.07. The van der Waals surface area contributed by atoms with Gasteiger partial charge in [0.05, 0.1) is 12.1 Å². The van der Waals surface area contributed by atoms with Crippen molar-refractivity contribution in [3.8, 4) is 0 Å². The number of hydrogen-bond donors (Lipinski definition) is 2. The number of carbonyl (C=O) groups is 1. The van der Waals surface area contributed by atoms with E-state index in [2.05, 4.69) is 25.8 Å². The summed E-state index contributed by atoms with van der Waals surface area (Å²) in [5.41, 5.74) is 7.01. The molecule has 1 amide bonds. The number of carbonyl (C=O) groups excluding carboxylic acids is 1. The lowest BCUT2D eigenvalue weighted by atomic mass is 9.92. The van der Waals surface area contributed by atoms with Crippen LogP contribution in [-0.4, -0.2) is 28.9 Å². The maximum Gasteiger partial charge on any atom is 0.250 e. The molecule has 1 aliphatic heterocycles. The quantitative estimate of drug-likeness (QED) is 0.889. The van der Waals surface area contributed by atoms with Crippen molar-refractivity contribution < 1.29 is 9.21 Å². The van der Waals surface area contributed by atoms with Crippen LogP contribution in [0.15, 0.2) is 33.5 Å². The third kappa shape index (κ3) is 3.22. The van der Waals surface area contributed by atoms with Crippen LogP contribution in [0.2, 0.25) is 0 Å². The third-order valence-electron chi connectivity index (χ3n) is 3.97. The van der Waals surface area contributed by atoms with Crippen molar-refractivity contribution >= 4 is 21.8 Å². The Labute approximate surface area is 131 Å². The molecule has 0 aromatic carbocycles. The first-order chi connectivity index (χ1) is 10.1. The third-order valence-corrected chi connectivity index (χ3v) is 4.39. The maximum absolute atomic E-state index is 11.5. The van der Waals surface area contributed by atoms with E-state index in [1.54, 1.807) is 12.3 Å². The molecule has 3 rings (SSSR count). The Morgan fingerprint density at radius 3 is 3.05 bits per heavy atom. The average Bonchev–Trinajstić information content (AvgIpc) is 3.08. The Balaban J connectivity index is 1.70. The fourth-order valence-electron chi connectivity index (χ4n) is 3.03. The van der Waals surface area contributed by atoms with Gasteiger partial charge in [-0.2, -0.15) is 0 Å². The number of likely N-dealkylation sites (tertiary alicyclic amines) is 1. The molecule has 2 aromatic heterocycles. The van der Waals surface area contributed by atoms with E-state index in [1.807, 2.05) is 12.1 Å². The number of halogens is 1. The monoisotopic (exact) mass is 351 g/mol. The van der Waals surface area contributed by atoms with Gasteiger partial charge in [-0.05, 0) is 53.5 Å². The van der Waals surface area contributed by atoms with Gasteiger partial charge in [-0.15, -0.1) is 0 Å². The lowest BCUT2D eigenvalue weighted by Gasteiger charge is -2.32. The highest BCUT2D eigenvalue weighted by atomic mass is 79.9. The smallest absolute Gasteiger partial charge is 0.250 e. The highest BCUT2D eigenvalue weighted by Gasteiger charge is 2.25. The second-order valence-corrected chi connectivity index (χ2v) is 6.23. The fourth-order valence-corrected chi connectivity index (χ4v) is 3.37. The molecule has 3 heterocycles. The van der Waals surface area contributed by atoms with Gasteiger partial charge in [-0.1, -0.05) is 0 Å². The van der Waals surface area contributed by atoms with Gasteiger partial charge in [0.2, 0.25) is 0 Å². The number of nitrogens with two attached hydrogens (primary N) is 1. The molecular weight excluding hydrogens is 334 g/mol. The van der Waals surface area contributed by atoms with Crippen LogP contribution in [0.25, 0.3) is 0 Å². The van der Waals surface area contributed by atoms with Crippen LogP contribution >= 0.6 is 15.9 Å². The predicted molar refractivity (Wildman–Crippen MR) is 83.0 cm³/mol. The molecular formula is C15H18BrN3O2. The molecule has 112 valence electrons. The summed E-state index contributed by atoms with van der Waals surface area (Å²) >= 11 is 3.32. The SMILES string of the molecule is NC(=O)c1cc[nH]c1C1CCCN(Cc2ccc(Br)o2)C1.